The van der Waals surface area contributed by atoms with Gasteiger partial charge < -0.3 is 4.52 Å². The molecule has 0 amide bonds. The van der Waals surface area contributed by atoms with Crippen molar-refractivity contribution in [3.8, 4) is 5.75 Å². The van der Waals surface area contributed by atoms with Crippen molar-refractivity contribution in [2.45, 2.75) is 45.9 Å². The van der Waals surface area contributed by atoms with Crippen LogP contribution in [0.2, 0.25) is 0 Å². The number of para-hydroxylation sites is 1. The SMILES string of the molecule is Cc1ccccc1OP(C(C)C)C(C)C. The third-order valence-electron chi connectivity index (χ3n) is 2.32. The van der Waals surface area contributed by atoms with Crippen LogP contribution in [0.3, 0.4) is 0 Å². The average Bonchev–Trinajstić information content (AvgIpc) is 2.15. The molecule has 1 aromatic rings. The highest BCUT2D eigenvalue weighted by Crippen LogP contribution is 2.47. The zero-order chi connectivity index (χ0) is 11.4. The van der Waals surface area contributed by atoms with Gasteiger partial charge in [-0.2, -0.15) is 0 Å². The molecule has 84 valence electrons. The van der Waals surface area contributed by atoms with Crippen LogP contribution in [0.5, 0.6) is 5.75 Å². The third kappa shape index (κ3) is 3.50. The van der Waals surface area contributed by atoms with Crippen LogP contribution >= 0.6 is 8.15 Å². The summed E-state index contributed by atoms with van der Waals surface area (Å²) in [7, 11) is -0.371. The molecular weight excluding hydrogens is 203 g/mol. The molecule has 0 aliphatic rings. The Morgan fingerprint density at radius 1 is 1.00 bits per heavy atom. The Hall–Kier alpha value is -0.550. The molecule has 0 bridgehead atoms. The molecule has 1 nitrogen and oxygen atoms in total. The minimum Gasteiger partial charge on any atom is -0.473 e. The van der Waals surface area contributed by atoms with Gasteiger partial charge in [0.2, 0.25) is 0 Å². The van der Waals surface area contributed by atoms with Crippen molar-refractivity contribution in [2.24, 2.45) is 0 Å². The molecule has 0 unspecified atom stereocenters. The Morgan fingerprint density at radius 2 is 1.53 bits per heavy atom. The van der Waals surface area contributed by atoms with E-state index < -0.39 is 0 Å². The van der Waals surface area contributed by atoms with Gasteiger partial charge in [0.05, 0.1) is 8.15 Å². The van der Waals surface area contributed by atoms with Gasteiger partial charge >= 0.3 is 0 Å². The van der Waals surface area contributed by atoms with Gasteiger partial charge in [0.25, 0.3) is 0 Å². The smallest absolute Gasteiger partial charge is 0.126 e. The highest BCUT2D eigenvalue weighted by atomic mass is 31.1. The van der Waals surface area contributed by atoms with E-state index in [2.05, 4.69) is 52.8 Å². The van der Waals surface area contributed by atoms with E-state index in [0.717, 1.165) is 5.75 Å². The normalized spacial score (nSPS) is 11.5. The van der Waals surface area contributed by atoms with Crippen LogP contribution in [-0.2, 0) is 0 Å². The number of rotatable bonds is 4. The van der Waals surface area contributed by atoms with Crippen molar-refractivity contribution in [1.82, 2.24) is 0 Å². The molecule has 2 heteroatoms. The maximum absolute atomic E-state index is 6.13. The zero-order valence-corrected chi connectivity index (χ0v) is 11.2. The number of aryl methyl sites for hydroxylation is 1. The van der Waals surface area contributed by atoms with E-state index in [0.29, 0.717) is 11.3 Å². The van der Waals surface area contributed by atoms with Crippen LogP contribution in [0.1, 0.15) is 33.3 Å². The van der Waals surface area contributed by atoms with Crippen LogP contribution in [0.15, 0.2) is 24.3 Å². The molecule has 0 aliphatic heterocycles. The first-order valence-corrected chi connectivity index (χ1v) is 6.94. The molecule has 0 fully saturated rings. The molecule has 15 heavy (non-hydrogen) atoms. The van der Waals surface area contributed by atoms with Crippen LogP contribution in [0.4, 0.5) is 0 Å². The number of benzene rings is 1. The fourth-order valence-corrected chi connectivity index (χ4v) is 3.63. The lowest BCUT2D eigenvalue weighted by molar-refractivity contribution is 0.588. The molecule has 0 heterocycles. The van der Waals surface area contributed by atoms with Gasteiger partial charge in [-0.15, -0.1) is 0 Å². The summed E-state index contributed by atoms with van der Waals surface area (Å²) in [6, 6.07) is 8.25. The topological polar surface area (TPSA) is 9.23 Å². The third-order valence-corrected chi connectivity index (χ3v) is 4.76. The van der Waals surface area contributed by atoms with Crippen molar-refractivity contribution in [2.75, 3.05) is 0 Å². The molecule has 0 saturated carbocycles. The Bertz CT molecular complexity index is 299. The van der Waals surface area contributed by atoms with Gasteiger partial charge in [-0.05, 0) is 18.6 Å². The maximum atomic E-state index is 6.13. The molecular formula is C13H21OP. The molecule has 0 saturated heterocycles. The van der Waals surface area contributed by atoms with Crippen molar-refractivity contribution in [1.29, 1.82) is 0 Å². The summed E-state index contributed by atoms with van der Waals surface area (Å²) >= 11 is 0. The number of hydrogen-bond donors (Lipinski definition) is 0. The first-order valence-electron chi connectivity index (χ1n) is 5.54. The van der Waals surface area contributed by atoms with Crippen molar-refractivity contribution >= 4 is 8.15 Å². The molecule has 0 aromatic heterocycles. The minimum absolute atomic E-state index is 0.371. The first-order chi connectivity index (χ1) is 7.02. The van der Waals surface area contributed by atoms with E-state index in [4.69, 9.17) is 4.52 Å². The van der Waals surface area contributed by atoms with Gasteiger partial charge in [-0.25, -0.2) is 0 Å². The summed E-state index contributed by atoms with van der Waals surface area (Å²) in [5.41, 5.74) is 2.45. The second kappa shape index (κ2) is 5.51. The van der Waals surface area contributed by atoms with Crippen LogP contribution in [0.25, 0.3) is 0 Å². The van der Waals surface area contributed by atoms with Crippen LogP contribution < -0.4 is 4.52 Å². The highest BCUT2D eigenvalue weighted by Gasteiger charge is 2.20. The van der Waals surface area contributed by atoms with E-state index in [-0.39, 0.29) is 8.15 Å². The van der Waals surface area contributed by atoms with Gasteiger partial charge in [-0.1, -0.05) is 45.9 Å². The Balaban J connectivity index is 2.79. The molecule has 0 aliphatic carbocycles. The summed E-state index contributed by atoms with van der Waals surface area (Å²) in [6.07, 6.45) is 0. The lowest BCUT2D eigenvalue weighted by atomic mass is 10.2. The summed E-state index contributed by atoms with van der Waals surface area (Å²) in [5, 5.41) is 0. The predicted octanol–water partition coefficient (Wildman–Crippen LogP) is 4.59. The van der Waals surface area contributed by atoms with Crippen LogP contribution in [-0.4, -0.2) is 11.3 Å². The van der Waals surface area contributed by atoms with Gasteiger partial charge in [0.15, 0.2) is 0 Å². The Kier molecular flexibility index (Phi) is 4.60. The van der Waals surface area contributed by atoms with Gasteiger partial charge in [0, 0.05) is 11.3 Å². The summed E-state index contributed by atoms with van der Waals surface area (Å²) in [5.74, 6) is 1.05. The summed E-state index contributed by atoms with van der Waals surface area (Å²) in [4.78, 5) is 0. The maximum Gasteiger partial charge on any atom is 0.126 e. The van der Waals surface area contributed by atoms with Crippen molar-refractivity contribution < 1.29 is 4.52 Å². The van der Waals surface area contributed by atoms with E-state index >= 15 is 0 Å². The largest absolute Gasteiger partial charge is 0.473 e. The van der Waals surface area contributed by atoms with E-state index in [1.807, 2.05) is 6.07 Å². The summed E-state index contributed by atoms with van der Waals surface area (Å²) < 4.78 is 6.13. The Morgan fingerprint density at radius 3 is 2.00 bits per heavy atom. The van der Waals surface area contributed by atoms with Crippen molar-refractivity contribution in [3.63, 3.8) is 0 Å². The van der Waals surface area contributed by atoms with Crippen LogP contribution in [0, 0.1) is 6.92 Å². The van der Waals surface area contributed by atoms with Crippen molar-refractivity contribution in [3.05, 3.63) is 29.8 Å². The zero-order valence-electron chi connectivity index (χ0n) is 10.3. The van der Waals surface area contributed by atoms with Gasteiger partial charge in [-0.3, -0.25) is 0 Å². The lowest BCUT2D eigenvalue weighted by Gasteiger charge is -2.26. The second-order valence-corrected chi connectivity index (χ2v) is 7.37. The summed E-state index contributed by atoms with van der Waals surface area (Å²) in [6.45, 7) is 11.1. The van der Waals surface area contributed by atoms with Gasteiger partial charge in [0.1, 0.15) is 5.75 Å². The molecule has 1 aromatic carbocycles. The quantitative estimate of drug-likeness (QED) is 0.680. The fourth-order valence-electron chi connectivity index (χ4n) is 1.58. The van der Waals surface area contributed by atoms with E-state index in [1.165, 1.54) is 5.56 Å². The molecule has 0 atom stereocenters. The fraction of sp³-hybridized carbons (Fsp3) is 0.538. The van der Waals surface area contributed by atoms with E-state index in [9.17, 15) is 0 Å². The first kappa shape index (κ1) is 12.5. The highest BCUT2D eigenvalue weighted by molar-refractivity contribution is 7.54. The predicted molar refractivity (Wildman–Crippen MR) is 69.0 cm³/mol. The lowest BCUT2D eigenvalue weighted by Crippen LogP contribution is -2.08. The Labute approximate surface area is 94.7 Å². The number of hydrogen-bond acceptors (Lipinski definition) is 1. The van der Waals surface area contributed by atoms with E-state index in [1.54, 1.807) is 0 Å². The molecule has 0 radical (unpaired) electrons. The monoisotopic (exact) mass is 224 g/mol. The molecule has 1 rings (SSSR count). The molecule has 0 N–H and O–H groups in total. The standard InChI is InChI=1S/C13H21OP/c1-10(2)15(11(3)4)14-13-9-7-6-8-12(13)5/h6-11H,1-5H3. The second-order valence-electron chi connectivity index (χ2n) is 4.40. The average molecular weight is 224 g/mol. The minimum atomic E-state index is -0.371. The molecule has 0 spiro atoms.